The Hall–Kier alpha value is -0.0400. The molecule has 0 aromatic rings. The summed E-state index contributed by atoms with van der Waals surface area (Å²) in [5.41, 5.74) is 6.13. The average Bonchev–Trinajstić information content (AvgIpc) is 2.41. The molecule has 0 aliphatic rings. The minimum Gasteiger partial charge on any atom is -0.330 e. The summed E-state index contributed by atoms with van der Waals surface area (Å²) in [6.07, 6.45) is 9.25. The Morgan fingerprint density at radius 3 is 2.05 bits per heavy atom. The van der Waals surface area contributed by atoms with Crippen molar-refractivity contribution in [3.63, 3.8) is 0 Å². The topological polar surface area (TPSA) is 26.0 Å². The number of rotatable bonds is 11. The van der Waals surface area contributed by atoms with E-state index in [1.165, 1.54) is 44.9 Å². The molecule has 0 bridgehead atoms. The molecule has 1 heteroatoms. The molecule has 4 unspecified atom stereocenters. The highest BCUT2D eigenvalue weighted by molar-refractivity contribution is 4.84. The molecule has 0 saturated heterocycles. The van der Waals surface area contributed by atoms with Crippen molar-refractivity contribution in [2.24, 2.45) is 28.9 Å². The lowest BCUT2D eigenvalue weighted by atomic mass is 9.64. The van der Waals surface area contributed by atoms with Gasteiger partial charge in [0, 0.05) is 0 Å². The standard InChI is InChI=1S/C18H39N/c1-7-9-12-16(4)18(6,8-2)17(5)14-15(3)11-10-13-19/h15-17H,7-14,19H2,1-6H3. The van der Waals surface area contributed by atoms with E-state index in [-0.39, 0.29) is 0 Å². The first-order chi connectivity index (χ1) is 8.92. The van der Waals surface area contributed by atoms with Gasteiger partial charge >= 0.3 is 0 Å². The van der Waals surface area contributed by atoms with Gasteiger partial charge in [-0.1, -0.05) is 67.2 Å². The van der Waals surface area contributed by atoms with Gasteiger partial charge in [-0.25, -0.2) is 0 Å². The molecule has 0 rings (SSSR count). The number of hydrogen-bond acceptors (Lipinski definition) is 1. The first-order valence-electron chi connectivity index (χ1n) is 8.62. The average molecular weight is 270 g/mol. The predicted molar refractivity (Wildman–Crippen MR) is 88.3 cm³/mol. The lowest BCUT2D eigenvalue weighted by Crippen LogP contribution is -2.33. The van der Waals surface area contributed by atoms with Crippen molar-refractivity contribution in [2.45, 2.75) is 86.5 Å². The van der Waals surface area contributed by atoms with E-state index in [1.54, 1.807) is 0 Å². The molecular formula is C18H39N. The Labute approximate surface area is 122 Å². The lowest BCUT2D eigenvalue weighted by molar-refractivity contribution is 0.0813. The van der Waals surface area contributed by atoms with Crippen molar-refractivity contribution in [3.05, 3.63) is 0 Å². The molecule has 0 saturated carbocycles. The Kier molecular flexibility index (Phi) is 9.78. The first-order valence-corrected chi connectivity index (χ1v) is 8.62. The fraction of sp³-hybridized carbons (Fsp3) is 1.00. The van der Waals surface area contributed by atoms with Gasteiger partial charge in [0.1, 0.15) is 0 Å². The normalized spacial score (nSPS) is 19.7. The first kappa shape index (κ1) is 19.0. The quantitative estimate of drug-likeness (QED) is 0.517. The van der Waals surface area contributed by atoms with Crippen LogP contribution < -0.4 is 5.73 Å². The Bertz CT molecular complexity index is 214. The molecule has 116 valence electrons. The molecule has 1 nitrogen and oxygen atoms in total. The summed E-state index contributed by atoms with van der Waals surface area (Å²) < 4.78 is 0. The zero-order valence-corrected chi connectivity index (χ0v) is 14.5. The maximum Gasteiger partial charge on any atom is -0.00772 e. The second kappa shape index (κ2) is 9.80. The van der Waals surface area contributed by atoms with Crippen LogP contribution in [0.1, 0.15) is 86.5 Å². The van der Waals surface area contributed by atoms with E-state index < -0.39 is 0 Å². The van der Waals surface area contributed by atoms with Crippen LogP contribution in [-0.2, 0) is 0 Å². The lowest BCUT2D eigenvalue weighted by Gasteiger charge is -2.42. The summed E-state index contributed by atoms with van der Waals surface area (Å²) in [6, 6.07) is 0. The van der Waals surface area contributed by atoms with Crippen LogP contribution in [0.2, 0.25) is 0 Å². The molecule has 0 aromatic carbocycles. The van der Waals surface area contributed by atoms with Gasteiger partial charge in [-0.2, -0.15) is 0 Å². The van der Waals surface area contributed by atoms with Gasteiger partial charge in [-0.05, 0) is 49.0 Å². The third-order valence-electron chi connectivity index (χ3n) is 5.66. The summed E-state index contributed by atoms with van der Waals surface area (Å²) in [5.74, 6) is 2.48. The third-order valence-corrected chi connectivity index (χ3v) is 5.66. The maximum absolute atomic E-state index is 5.62. The van der Waals surface area contributed by atoms with E-state index in [2.05, 4.69) is 41.5 Å². The predicted octanol–water partition coefficient (Wildman–Crippen LogP) is 5.63. The molecule has 0 fully saturated rings. The fourth-order valence-electron chi connectivity index (χ4n) is 3.48. The maximum atomic E-state index is 5.62. The zero-order chi connectivity index (χ0) is 14.9. The highest BCUT2D eigenvalue weighted by atomic mass is 14.5. The number of unbranched alkanes of at least 4 members (excludes halogenated alkanes) is 1. The van der Waals surface area contributed by atoms with E-state index in [0.29, 0.717) is 5.41 Å². The summed E-state index contributed by atoms with van der Waals surface area (Å²) in [5, 5.41) is 0. The second-order valence-electron chi connectivity index (χ2n) is 7.08. The molecular weight excluding hydrogens is 230 g/mol. The van der Waals surface area contributed by atoms with Gasteiger partial charge in [-0.3, -0.25) is 0 Å². The molecule has 0 spiro atoms. The van der Waals surface area contributed by atoms with E-state index in [0.717, 1.165) is 24.3 Å². The highest BCUT2D eigenvalue weighted by Crippen LogP contribution is 2.44. The Morgan fingerprint density at radius 1 is 0.947 bits per heavy atom. The monoisotopic (exact) mass is 269 g/mol. The van der Waals surface area contributed by atoms with E-state index in [1.807, 2.05) is 0 Å². The molecule has 0 aliphatic carbocycles. The van der Waals surface area contributed by atoms with Gasteiger partial charge < -0.3 is 5.73 Å². The zero-order valence-electron chi connectivity index (χ0n) is 14.5. The van der Waals surface area contributed by atoms with Crippen LogP contribution in [-0.4, -0.2) is 6.54 Å². The van der Waals surface area contributed by atoms with Crippen LogP contribution in [0.3, 0.4) is 0 Å². The van der Waals surface area contributed by atoms with Crippen molar-refractivity contribution < 1.29 is 0 Å². The summed E-state index contributed by atoms with van der Waals surface area (Å²) in [4.78, 5) is 0. The van der Waals surface area contributed by atoms with Gasteiger partial charge in [0.25, 0.3) is 0 Å². The van der Waals surface area contributed by atoms with E-state index >= 15 is 0 Å². The van der Waals surface area contributed by atoms with Gasteiger partial charge in [0.2, 0.25) is 0 Å². The van der Waals surface area contributed by atoms with Crippen molar-refractivity contribution >= 4 is 0 Å². The van der Waals surface area contributed by atoms with Gasteiger partial charge in [0.15, 0.2) is 0 Å². The smallest absolute Gasteiger partial charge is 0.00772 e. The minimum absolute atomic E-state index is 0.506. The minimum atomic E-state index is 0.506. The molecule has 0 heterocycles. The molecule has 4 atom stereocenters. The SMILES string of the molecule is CCCCC(C)C(C)(CC)C(C)CC(C)CCCN. The molecule has 0 amide bonds. The summed E-state index contributed by atoms with van der Waals surface area (Å²) >= 11 is 0. The molecule has 0 aliphatic heterocycles. The van der Waals surface area contributed by atoms with Crippen LogP contribution in [0.15, 0.2) is 0 Å². The second-order valence-corrected chi connectivity index (χ2v) is 7.08. The fourth-order valence-corrected chi connectivity index (χ4v) is 3.48. The van der Waals surface area contributed by atoms with Crippen molar-refractivity contribution in [1.29, 1.82) is 0 Å². The number of nitrogens with two attached hydrogens (primary N) is 1. The van der Waals surface area contributed by atoms with Gasteiger partial charge in [0.05, 0.1) is 0 Å². The highest BCUT2D eigenvalue weighted by Gasteiger charge is 2.34. The summed E-state index contributed by atoms with van der Waals surface area (Å²) in [6.45, 7) is 15.4. The van der Waals surface area contributed by atoms with Crippen LogP contribution in [0.4, 0.5) is 0 Å². The van der Waals surface area contributed by atoms with Crippen molar-refractivity contribution in [2.75, 3.05) is 6.54 Å². The van der Waals surface area contributed by atoms with E-state index in [4.69, 9.17) is 5.73 Å². The largest absolute Gasteiger partial charge is 0.330 e. The van der Waals surface area contributed by atoms with Crippen LogP contribution >= 0.6 is 0 Å². The van der Waals surface area contributed by atoms with Crippen molar-refractivity contribution in [3.8, 4) is 0 Å². The summed E-state index contributed by atoms with van der Waals surface area (Å²) in [7, 11) is 0. The Balaban J connectivity index is 4.45. The van der Waals surface area contributed by atoms with E-state index in [9.17, 15) is 0 Å². The third kappa shape index (κ3) is 6.29. The molecule has 0 radical (unpaired) electrons. The Morgan fingerprint density at radius 2 is 1.58 bits per heavy atom. The number of hydrogen-bond donors (Lipinski definition) is 1. The molecule has 2 N–H and O–H groups in total. The van der Waals surface area contributed by atoms with Crippen molar-refractivity contribution in [1.82, 2.24) is 0 Å². The molecule has 0 aromatic heterocycles. The van der Waals surface area contributed by atoms with Crippen LogP contribution in [0, 0.1) is 23.2 Å². The van der Waals surface area contributed by atoms with Crippen LogP contribution in [0.25, 0.3) is 0 Å². The molecule has 19 heavy (non-hydrogen) atoms. The van der Waals surface area contributed by atoms with Crippen LogP contribution in [0.5, 0.6) is 0 Å². The van der Waals surface area contributed by atoms with Gasteiger partial charge in [-0.15, -0.1) is 0 Å².